The minimum Gasteiger partial charge on any atom is -0.503 e. The number of halogens is 1. The van der Waals surface area contributed by atoms with Crippen molar-refractivity contribution in [3.8, 4) is 5.75 Å². The second kappa shape index (κ2) is 8.91. The maximum absolute atomic E-state index is 13.0. The van der Waals surface area contributed by atoms with Crippen LogP contribution in [0.4, 0.5) is 4.39 Å². The number of carbonyl (C=O) groups is 1. The summed E-state index contributed by atoms with van der Waals surface area (Å²) in [5, 5.41) is 12.9. The van der Waals surface area contributed by atoms with Crippen LogP contribution in [0.2, 0.25) is 0 Å². The van der Waals surface area contributed by atoms with Crippen molar-refractivity contribution in [2.75, 3.05) is 6.61 Å². The smallest absolute Gasteiger partial charge is 0.278 e. The summed E-state index contributed by atoms with van der Waals surface area (Å²) in [5.41, 5.74) is -1.41. The Morgan fingerprint density at radius 3 is 2.57 bits per heavy atom. The largest absolute Gasteiger partial charge is 0.503 e. The van der Waals surface area contributed by atoms with Crippen molar-refractivity contribution in [1.29, 1.82) is 0 Å². The number of ether oxygens (including phenoxy) is 1. The quantitative estimate of drug-likeness (QED) is 0.611. The highest BCUT2D eigenvalue weighted by molar-refractivity contribution is 5.94. The van der Waals surface area contributed by atoms with Gasteiger partial charge in [-0.1, -0.05) is 12.1 Å². The van der Waals surface area contributed by atoms with Gasteiger partial charge in [0.25, 0.3) is 11.5 Å². The first-order valence-corrected chi connectivity index (χ1v) is 9.39. The van der Waals surface area contributed by atoms with Gasteiger partial charge in [-0.3, -0.25) is 14.4 Å². The Kier molecular flexibility index (Phi) is 6.31. The molecule has 1 amide bonds. The van der Waals surface area contributed by atoms with Crippen LogP contribution in [0.1, 0.15) is 29.8 Å². The van der Waals surface area contributed by atoms with Gasteiger partial charge in [0.05, 0.1) is 12.7 Å². The van der Waals surface area contributed by atoms with Crippen LogP contribution in [0.25, 0.3) is 5.52 Å². The lowest BCUT2D eigenvalue weighted by Gasteiger charge is -2.12. The van der Waals surface area contributed by atoms with Crippen LogP contribution in [0.5, 0.6) is 5.75 Å². The molecule has 0 spiro atoms. The van der Waals surface area contributed by atoms with Gasteiger partial charge >= 0.3 is 0 Å². The van der Waals surface area contributed by atoms with Crippen molar-refractivity contribution in [3.05, 3.63) is 80.4 Å². The molecule has 0 fully saturated rings. The molecule has 0 aliphatic heterocycles. The lowest BCUT2D eigenvalue weighted by Crippen LogP contribution is -2.31. The number of aromatic hydroxyl groups is 1. The van der Waals surface area contributed by atoms with Gasteiger partial charge in [-0.15, -0.1) is 0 Å². The second-order valence-corrected chi connectivity index (χ2v) is 7.00. The molecule has 8 nitrogen and oxygen atoms in total. The molecule has 0 radical (unpaired) electrons. The summed E-state index contributed by atoms with van der Waals surface area (Å²) in [4.78, 5) is 37.6. The Bertz CT molecular complexity index is 1180. The van der Waals surface area contributed by atoms with Crippen molar-refractivity contribution >= 4 is 11.4 Å². The molecule has 9 heteroatoms. The van der Waals surface area contributed by atoms with Crippen LogP contribution in [0.15, 0.2) is 52.4 Å². The highest BCUT2D eigenvalue weighted by Gasteiger charge is 2.19. The molecular weight excluding hydrogens is 393 g/mol. The first kappa shape index (κ1) is 21.3. The first-order chi connectivity index (χ1) is 14.3. The van der Waals surface area contributed by atoms with Gasteiger partial charge in [0, 0.05) is 31.7 Å². The molecule has 2 N–H and O–H groups in total. The van der Waals surface area contributed by atoms with Gasteiger partial charge in [0.1, 0.15) is 11.4 Å². The van der Waals surface area contributed by atoms with Crippen molar-refractivity contribution in [2.45, 2.75) is 33.0 Å². The highest BCUT2D eigenvalue weighted by Crippen LogP contribution is 2.11. The zero-order chi connectivity index (χ0) is 21.8. The number of hydrogen-bond donors (Lipinski definition) is 2. The molecule has 0 saturated heterocycles. The molecule has 0 unspecified atom stereocenters. The van der Waals surface area contributed by atoms with E-state index in [0.717, 1.165) is 0 Å². The molecule has 0 saturated carbocycles. The molecule has 158 valence electrons. The number of hydrogen-bond acceptors (Lipinski definition) is 5. The number of fused-ring (bicyclic) bond motifs is 1. The zero-order valence-corrected chi connectivity index (χ0v) is 16.6. The number of nitrogens with one attached hydrogen (secondary N) is 1. The monoisotopic (exact) mass is 415 g/mol. The molecule has 2 aromatic heterocycles. The Morgan fingerprint density at radius 2 is 1.90 bits per heavy atom. The third-order valence-electron chi connectivity index (χ3n) is 4.48. The van der Waals surface area contributed by atoms with E-state index < -0.39 is 28.5 Å². The van der Waals surface area contributed by atoms with Crippen LogP contribution in [0.3, 0.4) is 0 Å². The molecule has 3 aromatic rings. The predicted octanol–water partition coefficient (Wildman–Crippen LogP) is 1.66. The fourth-order valence-electron chi connectivity index (χ4n) is 2.91. The van der Waals surface area contributed by atoms with E-state index in [-0.39, 0.29) is 30.3 Å². The average Bonchev–Trinajstić information content (AvgIpc) is 2.71. The van der Waals surface area contributed by atoms with Crippen molar-refractivity contribution in [1.82, 2.24) is 14.3 Å². The SMILES string of the molecule is CC(C)OCCn1ccn2cc(C(=O)NCc3ccc(F)cc3)c(=O)c(O)c2c1=O. The number of nitrogens with zero attached hydrogens (tertiary/aromatic N) is 2. The van der Waals surface area contributed by atoms with E-state index in [4.69, 9.17) is 4.74 Å². The lowest BCUT2D eigenvalue weighted by atomic mass is 10.2. The average molecular weight is 415 g/mol. The van der Waals surface area contributed by atoms with Gasteiger partial charge in [0.15, 0.2) is 11.3 Å². The van der Waals surface area contributed by atoms with Crippen LogP contribution in [-0.2, 0) is 17.8 Å². The zero-order valence-electron chi connectivity index (χ0n) is 16.6. The summed E-state index contributed by atoms with van der Waals surface area (Å²) in [5.74, 6) is -1.92. The number of amides is 1. The molecule has 0 aliphatic rings. The van der Waals surface area contributed by atoms with Gasteiger partial charge in [-0.05, 0) is 31.5 Å². The number of benzene rings is 1. The molecule has 2 heterocycles. The summed E-state index contributed by atoms with van der Waals surface area (Å²) >= 11 is 0. The van der Waals surface area contributed by atoms with Crippen molar-refractivity contribution < 1.29 is 19.0 Å². The normalized spacial score (nSPS) is 11.2. The van der Waals surface area contributed by atoms with Crippen LogP contribution in [-0.4, -0.2) is 32.7 Å². The maximum Gasteiger partial charge on any atom is 0.278 e. The standard InChI is InChI=1S/C21H22FN3O5/c1-13(2)30-10-9-24-7-8-25-12-16(18(26)19(27)17(25)21(24)29)20(28)23-11-14-3-5-15(22)6-4-14/h3-8,12-13,27H,9-11H2,1-2H3,(H,23,28). The number of pyridine rings is 1. The lowest BCUT2D eigenvalue weighted by molar-refractivity contribution is 0.0722. The molecular formula is C21H22FN3O5. The Balaban J connectivity index is 1.87. The van der Waals surface area contributed by atoms with Gasteiger partial charge in [0.2, 0.25) is 5.43 Å². The van der Waals surface area contributed by atoms with E-state index in [1.54, 1.807) is 0 Å². The summed E-state index contributed by atoms with van der Waals surface area (Å²) in [6, 6.07) is 5.53. The minimum absolute atomic E-state index is 0.00756. The van der Waals surface area contributed by atoms with E-state index in [2.05, 4.69) is 5.32 Å². The molecule has 1 aromatic carbocycles. The van der Waals surface area contributed by atoms with Crippen LogP contribution < -0.4 is 16.3 Å². The van der Waals surface area contributed by atoms with Gasteiger partial charge in [-0.2, -0.15) is 0 Å². The summed E-state index contributed by atoms with van der Waals surface area (Å²) in [7, 11) is 0. The molecule has 0 atom stereocenters. The fraction of sp³-hybridized carbons (Fsp3) is 0.286. The van der Waals surface area contributed by atoms with Crippen LogP contribution >= 0.6 is 0 Å². The molecule has 30 heavy (non-hydrogen) atoms. The summed E-state index contributed by atoms with van der Waals surface area (Å²) in [6.07, 6.45) is 4.17. The van der Waals surface area contributed by atoms with E-state index in [0.29, 0.717) is 12.2 Å². The topological polar surface area (TPSA) is 102 Å². The third-order valence-corrected chi connectivity index (χ3v) is 4.48. The third kappa shape index (κ3) is 4.57. The fourth-order valence-corrected chi connectivity index (χ4v) is 2.91. The minimum atomic E-state index is -0.945. The predicted molar refractivity (Wildman–Crippen MR) is 108 cm³/mol. The summed E-state index contributed by atoms with van der Waals surface area (Å²) in [6.45, 7) is 4.36. The number of rotatable bonds is 7. The highest BCUT2D eigenvalue weighted by atomic mass is 19.1. The van der Waals surface area contributed by atoms with E-state index in [9.17, 15) is 23.9 Å². The summed E-state index contributed by atoms with van der Waals surface area (Å²) < 4.78 is 21.0. The van der Waals surface area contributed by atoms with E-state index >= 15 is 0 Å². The van der Waals surface area contributed by atoms with Crippen LogP contribution in [0, 0.1) is 5.82 Å². The number of carbonyl (C=O) groups excluding carboxylic acids is 1. The molecule has 0 aliphatic carbocycles. The van der Waals surface area contributed by atoms with Crippen molar-refractivity contribution in [2.24, 2.45) is 0 Å². The molecule has 0 bridgehead atoms. The first-order valence-electron chi connectivity index (χ1n) is 9.39. The van der Waals surface area contributed by atoms with Gasteiger partial charge < -0.3 is 24.1 Å². The van der Waals surface area contributed by atoms with E-state index in [1.807, 2.05) is 13.8 Å². The van der Waals surface area contributed by atoms with Gasteiger partial charge in [-0.25, -0.2) is 4.39 Å². The van der Waals surface area contributed by atoms with E-state index in [1.165, 1.54) is 51.8 Å². The molecule has 3 rings (SSSR count). The second-order valence-electron chi connectivity index (χ2n) is 7.00. The Labute approximate surface area is 171 Å². The maximum atomic E-state index is 13.0. The van der Waals surface area contributed by atoms with Crippen molar-refractivity contribution in [3.63, 3.8) is 0 Å². The Hall–Kier alpha value is -3.46. The number of aromatic nitrogens is 2. The Morgan fingerprint density at radius 1 is 1.20 bits per heavy atom.